The van der Waals surface area contributed by atoms with Gasteiger partial charge in [0.1, 0.15) is 31.6 Å². The van der Waals surface area contributed by atoms with Gasteiger partial charge in [0.05, 0.1) is 10.6 Å². The van der Waals surface area contributed by atoms with Crippen molar-refractivity contribution in [2.24, 2.45) is 0 Å². The SMILES string of the molecule is CCC(C)NC(=O)C(C)N(Cc1c(Cl)cccc1Cl)C(=O)CN(c1ccc(F)cc1)S(=O)(=O)c1ccc2c(c1)OCCO2. The van der Waals surface area contributed by atoms with Crippen molar-refractivity contribution in [2.75, 3.05) is 24.1 Å². The van der Waals surface area contributed by atoms with Gasteiger partial charge >= 0.3 is 0 Å². The molecule has 13 heteroatoms. The van der Waals surface area contributed by atoms with Crippen molar-refractivity contribution in [2.45, 2.75) is 50.7 Å². The molecule has 3 aromatic carbocycles. The van der Waals surface area contributed by atoms with Crippen LogP contribution >= 0.6 is 23.2 Å². The molecule has 2 unspecified atom stereocenters. The number of sulfonamides is 1. The van der Waals surface area contributed by atoms with Gasteiger partial charge in [0.15, 0.2) is 11.5 Å². The highest BCUT2D eigenvalue weighted by molar-refractivity contribution is 7.92. The quantitative estimate of drug-likeness (QED) is 0.296. The van der Waals surface area contributed by atoms with Crippen LogP contribution in [0.5, 0.6) is 11.5 Å². The molecular formula is C30H32Cl2FN3O6S. The summed E-state index contributed by atoms with van der Waals surface area (Å²) >= 11 is 12.8. The predicted octanol–water partition coefficient (Wildman–Crippen LogP) is 5.43. The summed E-state index contributed by atoms with van der Waals surface area (Å²) in [4.78, 5) is 28.3. The summed E-state index contributed by atoms with van der Waals surface area (Å²) in [6, 6.07) is 12.5. The molecule has 1 N–H and O–H groups in total. The molecule has 1 aliphatic rings. The van der Waals surface area contributed by atoms with Gasteiger partial charge in [-0.15, -0.1) is 0 Å². The van der Waals surface area contributed by atoms with Crippen LogP contribution in [-0.2, 0) is 26.2 Å². The van der Waals surface area contributed by atoms with Crippen LogP contribution in [0.25, 0.3) is 0 Å². The molecule has 2 atom stereocenters. The summed E-state index contributed by atoms with van der Waals surface area (Å²) in [5.41, 5.74) is 0.433. The van der Waals surface area contributed by atoms with Crippen molar-refractivity contribution in [1.82, 2.24) is 10.2 Å². The molecule has 3 aromatic rings. The summed E-state index contributed by atoms with van der Waals surface area (Å²) < 4.78 is 53.9. The van der Waals surface area contributed by atoms with E-state index in [0.717, 1.165) is 16.4 Å². The Hall–Kier alpha value is -3.54. The van der Waals surface area contributed by atoms with Gasteiger partial charge in [-0.25, -0.2) is 12.8 Å². The Bertz CT molecular complexity index is 1570. The molecule has 0 saturated carbocycles. The topological polar surface area (TPSA) is 105 Å². The van der Waals surface area contributed by atoms with Crippen LogP contribution in [0.3, 0.4) is 0 Å². The Morgan fingerprint density at radius 1 is 0.977 bits per heavy atom. The normalized spacial score (nSPS) is 14.0. The van der Waals surface area contributed by atoms with Crippen LogP contribution in [0.4, 0.5) is 10.1 Å². The van der Waals surface area contributed by atoms with Crippen molar-refractivity contribution < 1.29 is 31.9 Å². The number of carbonyl (C=O) groups is 2. The maximum absolute atomic E-state index is 14.1. The van der Waals surface area contributed by atoms with Crippen molar-refractivity contribution in [3.63, 3.8) is 0 Å². The standard InChI is InChI=1S/C30H32Cl2FN3O6S/c1-4-19(2)34-30(38)20(3)35(17-24-25(31)6-5-7-26(24)32)29(37)18-36(22-10-8-21(33)9-11-22)43(39,40)23-12-13-27-28(16-23)42-15-14-41-27/h5-13,16,19-20H,4,14-15,17-18H2,1-3H3,(H,34,38). The van der Waals surface area contributed by atoms with Crippen molar-refractivity contribution in [3.05, 3.63) is 82.1 Å². The van der Waals surface area contributed by atoms with Gasteiger partial charge in [-0.2, -0.15) is 0 Å². The Balaban J connectivity index is 1.74. The Kier molecular flexibility index (Phi) is 10.4. The van der Waals surface area contributed by atoms with Crippen LogP contribution in [0.1, 0.15) is 32.8 Å². The van der Waals surface area contributed by atoms with E-state index in [-0.39, 0.29) is 45.6 Å². The smallest absolute Gasteiger partial charge is 0.264 e. The van der Waals surface area contributed by atoms with E-state index in [1.807, 2.05) is 13.8 Å². The predicted molar refractivity (Wildman–Crippen MR) is 163 cm³/mol. The van der Waals surface area contributed by atoms with E-state index in [4.69, 9.17) is 32.7 Å². The number of carbonyl (C=O) groups excluding carboxylic acids is 2. The fourth-order valence-corrected chi connectivity index (χ4v) is 6.30. The second-order valence-corrected chi connectivity index (χ2v) is 12.7. The molecule has 1 heterocycles. The Morgan fingerprint density at radius 2 is 1.60 bits per heavy atom. The Morgan fingerprint density at radius 3 is 2.23 bits per heavy atom. The molecule has 0 bridgehead atoms. The van der Waals surface area contributed by atoms with Gasteiger partial charge < -0.3 is 19.7 Å². The average Bonchev–Trinajstić information content (AvgIpc) is 2.99. The third kappa shape index (κ3) is 7.52. The fraction of sp³-hybridized carbons (Fsp3) is 0.333. The second-order valence-electron chi connectivity index (χ2n) is 10.0. The molecule has 43 heavy (non-hydrogen) atoms. The van der Waals surface area contributed by atoms with Crippen LogP contribution < -0.4 is 19.1 Å². The van der Waals surface area contributed by atoms with Crippen LogP contribution in [0, 0.1) is 5.82 Å². The molecule has 0 aliphatic carbocycles. The maximum atomic E-state index is 14.1. The molecule has 0 radical (unpaired) electrons. The lowest BCUT2D eigenvalue weighted by Crippen LogP contribution is -2.52. The van der Waals surface area contributed by atoms with Crippen LogP contribution in [0.15, 0.2) is 65.6 Å². The first-order valence-electron chi connectivity index (χ1n) is 13.6. The molecule has 0 fully saturated rings. The Labute approximate surface area is 260 Å². The molecule has 4 rings (SSSR count). The number of nitrogens with one attached hydrogen (secondary N) is 1. The van der Waals surface area contributed by atoms with E-state index in [9.17, 15) is 22.4 Å². The summed E-state index contributed by atoms with van der Waals surface area (Å²) in [7, 11) is -4.41. The van der Waals surface area contributed by atoms with Gasteiger partial charge in [0.25, 0.3) is 10.0 Å². The number of hydrogen-bond acceptors (Lipinski definition) is 6. The third-order valence-corrected chi connectivity index (χ3v) is 9.53. The summed E-state index contributed by atoms with van der Waals surface area (Å²) in [5, 5.41) is 3.41. The molecule has 0 saturated heterocycles. The number of ether oxygens (including phenoxy) is 2. The number of benzene rings is 3. The van der Waals surface area contributed by atoms with E-state index in [1.165, 1.54) is 42.2 Å². The minimum atomic E-state index is -4.41. The minimum Gasteiger partial charge on any atom is -0.486 e. The zero-order valence-corrected chi connectivity index (χ0v) is 26.2. The highest BCUT2D eigenvalue weighted by Crippen LogP contribution is 2.34. The van der Waals surface area contributed by atoms with Gasteiger partial charge in [-0.1, -0.05) is 36.2 Å². The zero-order chi connectivity index (χ0) is 31.3. The average molecular weight is 653 g/mol. The van der Waals surface area contributed by atoms with Crippen molar-refractivity contribution in [1.29, 1.82) is 0 Å². The third-order valence-electron chi connectivity index (χ3n) is 7.05. The number of rotatable bonds is 11. The van der Waals surface area contributed by atoms with E-state index in [2.05, 4.69) is 5.32 Å². The summed E-state index contributed by atoms with van der Waals surface area (Å²) in [6.07, 6.45) is 0.662. The first-order valence-corrected chi connectivity index (χ1v) is 15.8. The van der Waals surface area contributed by atoms with E-state index < -0.39 is 40.2 Å². The van der Waals surface area contributed by atoms with Crippen molar-refractivity contribution >= 4 is 50.7 Å². The summed E-state index contributed by atoms with van der Waals surface area (Å²) in [6.45, 7) is 4.95. The number of amides is 2. The number of anilines is 1. The molecule has 2 amide bonds. The lowest BCUT2D eigenvalue weighted by atomic mass is 10.1. The van der Waals surface area contributed by atoms with Gasteiger partial charge in [-0.3, -0.25) is 13.9 Å². The molecule has 1 aliphatic heterocycles. The van der Waals surface area contributed by atoms with Gasteiger partial charge in [0.2, 0.25) is 11.8 Å². The molecule has 230 valence electrons. The highest BCUT2D eigenvalue weighted by atomic mass is 35.5. The highest BCUT2D eigenvalue weighted by Gasteiger charge is 2.34. The van der Waals surface area contributed by atoms with Crippen LogP contribution in [0.2, 0.25) is 10.0 Å². The largest absolute Gasteiger partial charge is 0.486 e. The van der Waals surface area contributed by atoms with E-state index in [1.54, 1.807) is 18.2 Å². The number of nitrogens with zero attached hydrogens (tertiary/aromatic N) is 2. The van der Waals surface area contributed by atoms with Gasteiger partial charge in [0, 0.05) is 34.3 Å². The molecule has 0 spiro atoms. The number of hydrogen-bond donors (Lipinski definition) is 1. The van der Waals surface area contributed by atoms with Crippen LogP contribution in [-0.4, -0.2) is 57.0 Å². The van der Waals surface area contributed by atoms with Crippen molar-refractivity contribution in [3.8, 4) is 11.5 Å². The zero-order valence-electron chi connectivity index (χ0n) is 23.8. The second kappa shape index (κ2) is 13.8. The van der Waals surface area contributed by atoms with Gasteiger partial charge in [-0.05, 0) is 68.8 Å². The van der Waals surface area contributed by atoms with E-state index >= 15 is 0 Å². The summed E-state index contributed by atoms with van der Waals surface area (Å²) in [5.74, 6) is -1.11. The fourth-order valence-electron chi connectivity index (χ4n) is 4.35. The monoisotopic (exact) mass is 651 g/mol. The molecule has 0 aromatic heterocycles. The lowest BCUT2D eigenvalue weighted by molar-refractivity contribution is -0.139. The maximum Gasteiger partial charge on any atom is 0.264 e. The van der Waals surface area contributed by atoms with E-state index in [0.29, 0.717) is 24.3 Å². The number of halogens is 3. The molecular weight excluding hydrogens is 620 g/mol. The first kappa shape index (κ1) is 32.4. The minimum absolute atomic E-state index is 0.0390. The molecule has 9 nitrogen and oxygen atoms in total. The lowest BCUT2D eigenvalue weighted by Gasteiger charge is -2.33. The first-order chi connectivity index (χ1) is 20.4. The number of fused-ring (bicyclic) bond motifs is 1.